The van der Waals surface area contributed by atoms with E-state index in [4.69, 9.17) is 0 Å². The molecular weight excluding hydrogens is 360 g/mol. The van der Waals surface area contributed by atoms with E-state index in [1.165, 1.54) is 33.5 Å². The van der Waals surface area contributed by atoms with Gasteiger partial charge in [0.05, 0.1) is 16.0 Å². The molecule has 3 heterocycles. The van der Waals surface area contributed by atoms with E-state index in [2.05, 4.69) is 16.9 Å². The molecule has 0 aromatic carbocycles. The molecule has 0 fully saturated rings. The number of ketones is 1. The van der Waals surface area contributed by atoms with Crippen LogP contribution in [0.15, 0.2) is 27.5 Å². The molecule has 0 saturated heterocycles. The van der Waals surface area contributed by atoms with E-state index < -0.39 is 0 Å². The van der Waals surface area contributed by atoms with Crippen LogP contribution in [0.5, 0.6) is 0 Å². The lowest BCUT2D eigenvalue weighted by Crippen LogP contribution is -2.13. The predicted molar refractivity (Wildman–Crippen MR) is 101 cm³/mol. The third kappa shape index (κ3) is 2.96. The Labute approximate surface area is 151 Å². The monoisotopic (exact) mass is 376 g/mol. The standard InChI is InChI=1S/C17H16N2O2S3/c1-9-4-5-10-13(7-9)24-16-14(10)15(21)18-17(19-16)23-8-11(20)12-3-2-6-22-12/h2-3,6,9H,4-5,7-8H2,1H3,(H,18,19,21)/t9-/m0/s1. The lowest BCUT2D eigenvalue weighted by Gasteiger charge is -2.17. The molecule has 1 N–H and O–H groups in total. The van der Waals surface area contributed by atoms with Gasteiger partial charge in [-0.3, -0.25) is 9.59 Å². The molecule has 0 bridgehead atoms. The van der Waals surface area contributed by atoms with Gasteiger partial charge in [0, 0.05) is 4.88 Å². The number of fused-ring (bicyclic) bond motifs is 3. The molecule has 124 valence electrons. The maximum Gasteiger partial charge on any atom is 0.260 e. The normalized spacial score (nSPS) is 17.1. The van der Waals surface area contributed by atoms with Crippen molar-refractivity contribution < 1.29 is 4.79 Å². The van der Waals surface area contributed by atoms with E-state index in [0.717, 1.165) is 34.4 Å². The van der Waals surface area contributed by atoms with Gasteiger partial charge in [-0.15, -0.1) is 22.7 Å². The molecule has 3 aromatic rings. The molecule has 1 aliphatic carbocycles. The first-order valence-corrected chi connectivity index (χ1v) is 10.5. The molecule has 7 heteroatoms. The molecule has 4 nitrogen and oxygen atoms in total. The van der Waals surface area contributed by atoms with Crippen molar-refractivity contribution in [2.45, 2.75) is 31.3 Å². The van der Waals surface area contributed by atoms with Crippen molar-refractivity contribution >= 4 is 50.4 Å². The van der Waals surface area contributed by atoms with E-state index in [9.17, 15) is 9.59 Å². The van der Waals surface area contributed by atoms with E-state index in [-0.39, 0.29) is 17.1 Å². The Balaban J connectivity index is 1.61. The van der Waals surface area contributed by atoms with Crippen LogP contribution in [0.2, 0.25) is 0 Å². The topological polar surface area (TPSA) is 62.8 Å². The fourth-order valence-corrected chi connectivity index (χ4v) is 5.98. The summed E-state index contributed by atoms with van der Waals surface area (Å²) in [6.45, 7) is 2.25. The van der Waals surface area contributed by atoms with Gasteiger partial charge in [-0.25, -0.2) is 4.98 Å². The summed E-state index contributed by atoms with van der Waals surface area (Å²) in [4.78, 5) is 34.9. The number of Topliss-reactive ketones (excluding diaryl/α,β-unsaturated/α-hetero) is 1. The van der Waals surface area contributed by atoms with Crippen LogP contribution < -0.4 is 5.56 Å². The second-order valence-corrected chi connectivity index (χ2v) is 9.09. The predicted octanol–water partition coefficient (Wildman–Crippen LogP) is 4.15. The van der Waals surface area contributed by atoms with Crippen LogP contribution in [0.3, 0.4) is 0 Å². The maximum atomic E-state index is 12.5. The number of aryl methyl sites for hydroxylation is 1. The van der Waals surface area contributed by atoms with Crippen LogP contribution in [0, 0.1) is 5.92 Å². The van der Waals surface area contributed by atoms with Crippen LogP contribution in [-0.4, -0.2) is 21.5 Å². The Morgan fingerprint density at radius 1 is 1.50 bits per heavy atom. The van der Waals surface area contributed by atoms with E-state index in [1.54, 1.807) is 11.3 Å². The summed E-state index contributed by atoms with van der Waals surface area (Å²) in [7, 11) is 0. The van der Waals surface area contributed by atoms with Gasteiger partial charge in [0.1, 0.15) is 4.83 Å². The van der Waals surface area contributed by atoms with Gasteiger partial charge in [0.25, 0.3) is 5.56 Å². The van der Waals surface area contributed by atoms with Gasteiger partial charge >= 0.3 is 0 Å². The highest BCUT2D eigenvalue weighted by Crippen LogP contribution is 2.36. The summed E-state index contributed by atoms with van der Waals surface area (Å²) in [5, 5.41) is 3.18. The molecule has 0 unspecified atom stereocenters. The molecular formula is C17H16N2O2S3. The third-order valence-electron chi connectivity index (χ3n) is 4.28. The van der Waals surface area contributed by atoms with Gasteiger partial charge in [-0.2, -0.15) is 0 Å². The summed E-state index contributed by atoms with van der Waals surface area (Å²) >= 11 is 4.37. The summed E-state index contributed by atoms with van der Waals surface area (Å²) in [5.74, 6) is 1.02. The van der Waals surface area contributed by atoms with Gasteiger partial charge in [0.15, 0.2) is 10.9 Å². The maximum absolute atomic E-state index is 12.5. The summed E-state index contributed by atoms with van der Waals surface area (Å²) in [5.41, 5.74) is 1.12. The average molecular weight is 377 g/mol. The number of aromatic amines is 1. The Hall–Kier alpha value is -1.44. The highest BCUT2D eigenvalue weighted by Gasteiger charge is 2.23. The number of carbonyl (C=O) groups excluding carboxylic acids is 1. The lowest BCUT2D eigenvalue weighted by molar-refractivity contribution is 0.102. The first-order valence-electron chi connectivity index (χ1n) is 7.86. The SMILES string of the molecule is C[C@H]1CCc2c(sc3nc(SCC(=O)c4cccs4)[nH]c(=O)c23)C1. The number of hydrogen-bond acceptors (Lipinski definition) is 6. The minimum Gasteiger partial charge on any atom is -0.301 e. The van der Waals surface area contributed by atoms with E-state index in [0.29, 0.717) is 11.1 Å². The van der Waals surface area contributed by atoms with Crippen LogP contribution in [0.4, 0.5) is 0 Å². The van der Waals surface area contributed by atoms with E-state index >= 15 is 0 Å². The number of aromatic nitrogens is 2. The van der Waals surface area contributed by atoms with Gasteiger partial charge in [0.2, 0.25) is 0 Å². The van der Waals surface area contributed by atoms with Crippen LogP contribution in [-0.2, 0) is 12.8 Å². The van der Waals surface area contributed by atoms with Crippen molar-refractivity contribution in [2.75, 3.05) is 5.75 Å². The zero-order valence-corrected chi connectivity index (χ0v) is 15.6. The zero-order valence-electron chi connectivity index (χ0n) is 13.1. The van der Waals surface area contributed by atoms with Crippen molar-refractivity contribution in [3.63, 3.8) is 0 Å². The zero-order chi connectivity index (χ0) is 16.7. The van der Waals surface area contributed by atoms with Crippen molar-refractivity contribution in [3.8, 4) is 0 Å². The molecule has 0 saturated carbocycles. The second-order valence-electron chi connectivity index (χ2n) is 6.09. The van der Waals surface area contributed by atoms with Crippen molar-refractivity contribution in [2.24, 2.45) is 5.92 Å². The second kappa shape index (κ2) is 6.46. The molecule has 1 atom stereocenters. The third-order valence-corrected chi connectivity index (χ3v) is 7.21. The smallest absolute Gasteiger partial charge is 0.260 e. The molecule has 3 aromatic heterocycles. The molecule has 4 rings (SSSR count). The van der Waals surface area contributed by atoms with Crippen LogP contribution in [0.1, 0.15) is 33.5 Å². The summed E-state index contributed by atoms with van der Waals surface area (Å²) < 4.78 is 0. The fourth-order valence-electron chi connectivity index (χ4n) is 3.04. The lowest BCUT2D eigenvalue weighted by atomic mass is 9.89. The summed E-state index contributed by atoms with van der Waals surface area (Å²) in [6.07, 6.45) is 3.13. The quantitative estimate of drug-likeness (QED) is 0.422. The van der Waals surface area contributed by atoms with Crippen molar-refractivity contribution in [1.29, 1.82) is 0 Å². The highest BCUT2D eigenvalue weighted by atomic mass is 32.2. The minimum atomic E-state index is -0.0712. The largest absolute Gasteiger partial charge is 0.301 e. The first kappa shape index (κ1) is 16.1. The molecule has 24 heavy (non-hydrogen) atoms. The molecule has 0 spiro atoms. The Kier molecular flexibility index (Phi) is 4.32. The number of nitrogens with zero attached hydrogens (tertiary/aromatic N) is 1. The minimum absolute atomic E-state index is 0.0667. The van der Waals surface area contributed by atoms with Crippen LogP contribution >= 0.6 is 34.4 Å². The number of thiophene rings is 2. The Morgan fingerprint density at radius 2 is 2.38 bits per heavy atom. The number of H-pyrrole nitrogens is 1. The van der Waals surface area contributed by atoms with Crippen molar-refractivity contribution in [1.82, 2.24) is 9.97 Å². The van der Waals surface area contributed by atoms with Gasteiger partial charge in [-0.1, -0.05) is 24.8 Å². The number of carbonyl (C=O) groups is 1. The number of nitrogens with one attached hydrogen (secondary N) is 1. The molecule has 0 amide bonds. The Bertz CT molecular complexity index is 956. The van der Waals surface area contributed by atoms with E-state index in [1.807, 2.05) is 17.5 Å². The molecule has 0 aliphatic heterocycles. The molecule has 0 radical (unpaired) electrons. The van der Waals surface area contributed by atoms with Crippen molar-refractivity contribution in [3.05, 3.63) is 43.2 Å². The van der Waals surface area contributed by atoms with Crippen LogP contribution in [0.25, 0.3) is 10.2 Å². The summed E-state index contributed by atoms with van der Waals surface area (Å²) in [6, 6.07) is 3.69. The Morgan fingerprint density at radius 3 is 3.17 bits per heavy atom. The fraction of sp³-hybridized carbons (Fsp3) is 0.353. The number of thioether (sulfide) groups is 1. The highest BCUT2D eigenvalue weighted by molar-refractivity contribution is 7.99. The number of rotatable bonds is 4. The average Bonchev–Trinajstić information content (AvgIpc) is 3.19. The first-order chi connectivity index (χ1) is 11.6. The van der Waals surface area contributed by atoms with Gasteiger partial charge in [-0.05, 0) is 42.2 Å². The number of hydrogen-bond donors (Lipinski definition) is 1. The molecule has 1 aliphatic rings. The van der Waals surface area contributed by atoms with Gasteiger partial charge < -0.3 is 4.98 Å².